The van der Waals surface area contributed by atoms with Crippen molar-refractivity contribution in [3.63, 3.8) is 0 Å². The van der Waals surface area contributed by atoms with Crippen molar-refractivity contribution in [3.05, 3.63) is 92.1 Å². The fourth-order valence-electron chi connectivity index (χ4n) is 3.48. The first-order chi connectivity index (χ1) is 14.4. The van der Waals surface area contributed by atoms with Gasteiger partial charge < -0.3 is 5.32 Å². The molecule has 1 N–H and O–H groups in total. The van der Waals surface area contributed by atoms with Crippen LogP contribution in [0.25, 0.3) is 0 Å². The van der Waals surface area contributed by atoms with E-state index >= 15 is 0 Å². The third kappa shape index (κ3) is 4.01. The lowest BCUT2D eigenvalue weighted by molar-refractivity contribution is -0.121. The zero-order valence-corrected chi connectivity index (χ0v) is 17.8. The van der Waals surface area contributed by atoms with Crippen LogP contribution in [0.2, 0.25) is 5.02 Å². The number of carbonyl (C=O) groups excluding carboxylic acids is 3. The molecule has 0 saturated heterocycles. The van der Waals surface area contributed by atoms with Crippen molar-refractivity contribution < 1.29 is 14.4 Å². The minimum absolute atomic E-state index is 0.0277. The van der Waals surface area contributed by atoms with E-state index < -0.39 is 0 Å². The maximum absolute atomic E-state index is 12.7. The van der Waals surface area contributed by atoms with Crippen LogP contribution < -0.4 is 5.32 Å². The molecule has 3 amide bonds. The molecule has 0 fully saturated rings. The van der Waals surface area contributed by atoms with E-state index in [0.717, 1.165) is 20.9 Å². The standard InChI is InChI=1S/C23H19ClN2O3S/c1-14-4-9-17-18(13-14)23(29)26(22(17)28)11-10-20(27)25-21(19-3-2-12-30-19)15-5-7-16(24)8-6-15/h2-9,12-13,21H,10-11H2,1H3,(H,25,27). The number of aryl methyl sites for hydroxylation is 1. The molecule has 1 aliphatic heterocycles. The van der Waals surface area contributed by atoms with Crippen LogP contribution in [0.5, 0.6) is 0 Å². The number of imide groups is 1. The van der Waals surface area contributed by atoms with Crippen LogP contribution >= 0.6 is 22.9 Å². The predicted molar refractivity (Wildman–Crippen MR) is 117 cm³/mol. The van der Waals surface area contributed by atoms with Crippen LogP contribution in [0.4, 0.5) is 0 Å². The molecule has 7 heteroatoms. The second kappa shape index (κ2) is 8.42. The summed E-state index contributed by atoms with van der Waals surface area (Å²) >= 11 is 7.53. The van der Waals surface area contributed by atoms with Crippen LogP contribution in [-0.2, 0) is 4.79 Å². The molecule has 1 aliphatic rings. The first kappa shape index (κ1) is 20.3. The Bertz CT molecular complexity index is 1110. The molecule has 1 aromatic heterocycles. The number of benzene rings is 2. The molecule has 5 nitrogen and oxygen atoms in total. The Morgan fingerprint density at radius 3 is 2.50 bits per heavy atom. The van der Waals surface area contributed by atoms with Crippen molar-refractivity contribution >= 4 is 40.7 Å². The van der Waals surface area contributed by atoms with E-state index in [1.165, 1.54) is 0 Å². The fraction of sp³-hybridized carbons (Fsp3) is 0.174. The summed E-state index contributed by atoms with van der Waals surface area (Å²) in [4.78, 5) is 40.0. The molecule has 30 heavy (non-hydrogen) atoms. The summed E-state index contributed by atoms with van der Waals surface area (Å²) in [5.41, 5.74) is 2.62. The summed E-state index contributed by atoms with van der Waals surface area (Å²) in [5, 5.41) is 5.59. The van der Waals surface area contributed by atoms with Gasteiger partial charge in [-0.1, -0.05) is 41.4 Å². The van der Waals surface area contributed by atoms with E-state index in [-0.39, 0.29) is 36.7 Å². The van der Waals surface area contributed by atoms with E-state index in [0.29, 0.717) is 16.1 Å². The molecule has 0 radical (unpaired) electrons. The van der Waals surface area contributed by atoms with Gasteiger partial charge in [0.15, 0.2) is 0 Å². The van der Waals surface area contributed by atoms with Crippen LogP contribution in [0.1, 0.15) is 49.2 Å². The van der Waals surface area contributed by atoms with Gasteiger partial charge in [0.25, 0.3) is 11.8 Å². The lowest BCUT2D eigenvalue weighted by atomic mass is 10.1. The summed E-state index contributed by atoms with van der Waals surface area (Å²) < 4.78 is 0. The van der Waals surface area contributed by atoms with Gasteiger partial charge in [-0.2, -0.15) is 0 Å². The highest BCUT2D eigenvalue weighted by atomic mass is 35.5. The van der Waals surface area contributed by atoms with Crippen molar-refractivity contribution in [2.45, 2.75) is 19.4 Å². The average molecular weight is 439 g/mol. The normalized spacial score (nSPS) is 14.0. The highest BCUT2D eigenvalue weighted by Crippen LogP contribution is 2.28. The Labute approximate surface area is 183 Å². The zero-order valence-electron chi connectivity index (χ0n) is 16.2. The van der Waals surface area contributed by atoms with Gasteiger partial charge in [-0.3, -0.25) is 19.3 Å². The highest BCUT2D eigenvalue weighted by Gasteiger charge is 2.35. The maximum Gasteiger partial charge on any atom is 0.261 e. The molecule has 152 valence electrons. The van der Waals surface area contributed by atoms with Gasteiger partial charge in [-0.25, -0.2) is 0 Å². The third-order valence-corrected chi connectivity index (χ3v) is 6.21. The maximum atomic E-state index is 12.7. The molecule has 2 aromatic carbocycles. The molecule has 1 unspecified atom stereocenters. The lowest BCUT2D eigenvalue weighted by Gasteiger charge is -2.19. The van der Waals surface area contributed by atoms with Gasteiger partial charge in [0.1, 0.15) is 0 Å². The number of thiophene rings is 1. The molecular formula is C23H19ClN2O3S. The Hall–Kier alpha value is -2.96. The lowest BCUT2D eigenvalue weighted by Crippen LogP contribution is -2.35. The zero-order chi connectivity index (χ0) is 21.3. The molecule has 2 heterocycles. The highest BCUT2D eigenvalue weighted by molar-refractivity contribution is 7.10. The Morgan fingerprint density at radius 2 is 1.80 bits per heavy atom. The fourth-order valence-corrected chi connectivity index (χ4v) is 4.41. The Morgan fingerprint density at radius 1 is 1.07 bits per heavy atom. The Kier molecular flexibility index (Phi) is 5.70. The summed E-state index contributed by atoms with van der Waals surface area (Å²) in [5.74, 6) is -0.939. The van der Waals surface area contributed by atoms with Gasteiger partial charge >= 0.3 is 0 Å². The number of nitrogens with one attached hydrogen (secondary N) is 1. The van der Waals surface area contributed by atoms with E-state index in [4.69, 9.17) is 11.6 Å². The summed E-state index contributed by atoms with van der Waals surface area (Å²) in [6.45, 7) is 1.91. The molecule has 0 spiro atoms. The summed E-state index contributed by atoms with van der Waals surface area (Å²) in [7, 11) is 0. The monoisotopic (exact) mass is 438 g/mol. The van der Waals surface area contributed by atoms with Crippen molar-refractivity contribution in [2.75, 3.05) is 6.54 Å². The molecule has 4 rings (SSSR count). The van der Waals surface area contributed by atoms with Gasteiger partial charge in [0.2, 0.25) is 5.91 Å². The molecule has 0 aliphatic carbocycles. The van der Waals surface area contributed by atoms with Crippen molar-refractivity contribution in [2.24, 2.45) is 0 Å². The number of rotatable bonds is 6. The third-order valence-electron chi connectivity index (χ3n) is 5.03. The largest absolute Gasteiger partial charge is 0.344 e. The number of carbonyl (C=O) groups is 3. The molecule has 1 atom stereocenters. The first-order valence-electron chi connectivity index (χ1n) is 9.49. The van der Waals surface area contributed by atoms with Gasteiger partial charge in [0.05, 0.1) is 17.2 Å². The van der Waals surface area contributed by atoms with Crippen LogP contribution in [0.3, 0.4) is 0 Å². The quantitative estimate of drug-likeness (QED) is 0.572. The van der Waals surface area contributed by atoms with E-state index in [1.54, 1.807) is 41.7 Å². The minimum Gasteiger partial charge on any atom is -0.344 e. The van der Waals surface area contributed by atoms with E-state index in [9.17, 15) is 14.4 Å². The summed E-state index contributed by atoms with van der Waals surface area (Å²) in [6, 6.07) is 16.1. The predicted octanol–water partition coefficient (Wildman–Crippen LogP) is 4.60. The molecule has 3 aromatic rings. The van der Waals surface area contributed by atoms with Crippen LogP contribution in [-0.4, -0.2) is 29.2 Å². The van der Waals surface area contributed by atoms with E-state index in [1.807, 2.05) is 36.6 Å². The second-order valence-electron chi connectivity index (χ2n) is 7.13. The number of hydrogen-bond donors (Lipinski definition) is 1. The SMILES string of the molecule is Cc1ccc2c(c1)C(=O)N(CCC(=O)NC(c1ccc(Cl)cc1)c1cccs1)C2=O. The summed E-state index contributed by atoms with van der Waals surface area (Å²) in [6.07, 6.45) is 0.0277. The van der Waals surface area contributed by atoms with Crippen molar-refractivity contribution in [1.29, 1.82) is 0 Å². The molecule has 0 bridgehead atoms. The topological polar surface area (TPSA) is 66.5 Å². The van der Waals surface area contributed by atoms with E-state index in [2.05, 4.69) is 5.32 Å². The molecular weight excluding hydrogens is 420 g/mol. The smallest absolute Gasteiger partial charge is 0.261 e. The number of halogens is 1. The van der Waals surface area contributed by atoms with Crippen molar-refractivity contribution in [1.82, 2.24) is 10.2 Å². The van der Waals surface area contributed by atoms with Gasteiger partial charge in [0, 0.05) is 22.9 Å². The second-order valence-corrected chi connectivity index (χ2v) is 8.54. The van der Waals surface area contributed by atoms with Crippen molar-refractivity contribution in [3.8, 4) is 0 Å². The molecule has 0 saturated carbocycles. The average Bonchev–Trinajstić information content (AvgIpc) is 3.34. The van der Waals surface area contributed by atoms with Crippen LogP contribution in [0, 0.1) is 6.92 Å². The number of hydrogen-bond acceptors (Lipinski definition) is 4. The number of amides is 3. The number of fused-ring (bicyclic) bond motifs is 1. The van der Waals surface area contributed by atoms with Gasteiger partial charge in [-0.05, 0) is 48.2 Å². The van der Waals surface area contributed by atoms with Crippen LogP contribution in [0.15, 0.2) is 60.0 Å². The Balaban J connectivity index is 1.45. The minimum atomic E-state index is -0.352. The van der Waals surface area contributed by atoms with Gasteiger partial charge in [-0.15, -0.1) is 11.3 Å². The number of nitrogens with zero attached hydrogens (tertiary/aromatic N) is 1. The first-order valence-corrected chi connectivity index (χ1v) is 10.7.